The van der Waals surface area contributed by atoms with Gasteiger partial charge in [-0.25, -0.2) is 4.79 Å². The van der Waals surface area contributed by atoms with E-state index in [9.17, 15) is 9.59 Å². The predicted molar refractivity (Wildman–Crippen MR) is 55.1 cm³/mol. The Hall–Kier alpha value is -2.10. The van der Waals surface area contributed by atoms with Crippen LogP contribution in [0.5, 0.6) is 0 Å². The fourth-order valence-corrected chi connectivity index (χ4v) is 1.05. The molecule has 1 rings (SSSR count). The Balaban J connectivity index is 2.51. The lowest BCUT2D eigenvalue weighted by molar-refractivity contribution is -0.134. The number of hydrogen-bond acceptors (Lipinski definition) is 2. The average Bonchev–Trinajstić information content (AvgIpc) is 2.18. The van der Waals surface area contributed by atoms with Crippen LogP contribution in [0, 0.1) is 0 Å². The van der Waals surface area contributed by atoms with Crippen molar-refractivity contribution in [3.63, 3.8) is 0 Å². The Kier molecular flexibility index (Phi) is 3.62. The van der Waals surface area contributed by atoms with Gasteiger partial charge in [-0.2, -0.15) is 0 Å². The second-order valence-corrected chi connectivity index (χ2v) is 2.99. The summed E-state index contributed by atoms with van der Waals surface area (Å²) in [4.78, 5) is 21.7. The summed E-state index contributed by atoms with van der Waals surface area (Å²) in [5, 5.41) is 10.7. The SMILES string of the molecule is C=C(NC(=O)Cc1ccccc1)C(=O)O. The summed E-state index contributed by atoms with van der Waals surface area (Å²) in [5.74, 6) is -1.61. The topological polar surface area (TPSA) is 66.4 Å². The van der Waals surface area contributed by atoms with E-state index in [1.165, 1.54) is 0 Å². The van der Waals surface area contributed by atoms with Gasteiger partial charge in [-0.3, -0.25) is 4.79 Å². The molecule has 4 nitrogen and oxygen atoms in total. The number of carboxylic acid groups (broad SMARTS) is 1. The van der Waals surface area contributed by atoms with Crippen molar-refractivity contribution in [1.29, 1.82) is 0 Å². The molecular weight excluding hydrogens is 194 g/mol. The van der Waals surface area contributed by atoms with Gasteiger partial charge in [0.1, 0.15) is 5.70 Å². The van der Waals surface area contributed by atoms with E-state index in [1.807, 2.05) is 18.2 Å². The predicted octanol–water partition coefficient (Wildman–Crippen LogP) is 0.944. The van der Waals surface area contributed by atoms with E-state index < -0.39 is 5.97 Å². The molecule has 0 aliphatic heterocycles. The molecule has 0 spiro atoms. The van der Waals surface area contributed by atoms with Gasteiger partial charge < -0.3 is 10.4 Å². The number of aliphatic carboxylic acids is 1. The maximum atomic E-state index is 11.3. The molecule has 0 aromatic heterocycles. The molecule has 1 aromatic carbocycles. The lowest BCUT2D eigenvalue weighted by atomic mass is 10.1. The summed E-state index contributed by atoms with van der Waals surface area (Å²) >= 11 is 0. The number of benzene rings is 1. The van der Waals surface area contributed by atoms with Crippen LogP contribution in [0.4, 0.5) is 0 Å². The minimum atomic E-state index is -1.23. The largest absolute Gasteiger partial charge is 0.477 e. The Morgan fingerprint density at radius 1 is 1.27 bits per heavy atom. The van der Waals surface area contributed by atoms with Crippen molar-refractivity contribution in [1.82, 2.24) is 5.32 Å². The van der Waals surface area contributed by atoms with Gasteiger partial charge in [0.25, 0.3) is 0 Å². The fraction of sp³-hybridized carbons (Fsp3) is 0.0909. The molecule has 0 fully saturated rings. The average molecular weight is 205 g/mol. The second kappa shape index (κ2) is 4.95. The van der Waals surface area contributed by atoms with Gasteiger partial charge in [0.2, 0.25) is 5.91 Å². The van der Waals surface area contributed by atoms with E-state index in [0.29, 0.717) is 0 Å². The highest BCUT2D eigenvalue weighted by Gasteiger charge is 2.08. The van der Waals surface area contributed by atoms with Crippen molar-refractivity contribution in [2.45, 2.75) is 6.42 Å². The Bertz CT molecular complexity index is 384. The molecule has 1 amide bonds. The summed E-state index contributed by atoms with van der Waals surface area (Å²) in [6, 6.07) is 9.06. The van der Waals surface area contributed by atoms with Crippen LogP contribution in [-0.2, 0) is 16.0 Å². The molecule has 0 unspecified atom stereocenters. The molecule has 0 heterocycles. The van der Waals surface area contributed by atoms with Crippen LogP contribution < -0.4 is 5.32 Å². The lowest BCUT2D eigenvalue weighted by Crippen LogP contribution is -2.27. The maximum absolute atomic E-state index is 11.3. The molecule has 0 radical (unpaired) electrons. The molecule has 78 valence electrons. The minimum absolute atomic E-state index is 0.146. The second-order valence-electron chi connectivity index (χ2n) is 2.99. The molecule has 2 N–H and O–H groups in total. The summed E-state index contributed by atoms with van der Waals surface area (Å²) in [7, 11) is 0. The first kappa shape index (κ1) is 11.0. The van der Waals surface area contributed by atoms with Gasteiger partial charge >= 0.3 is 5.97 Å². The monoisotopic (exact) mass is 205 g/mol. The molecule has 0 bridgehead atoms. The number of hydrogen-bond donors (Lipinski definition) is 2. The first-order valence-electron chi connectivity index (χ1n) is 4.35. The fourth-order valence-electron chi connectivity index (χ4n) is 1.05. The molecule has 0 saturated heterocycles. The van der Waals surface area contributed by atoms with E-state index in [1.54, 1.807) is 12.1 Å². The van der Waals surface area contributed by atoms with Crippen molar-refractivity contribution in [3.05, 3.63) is 48.2 Å². The summed E-state index contributed by atoms with van der Waals surface area (Å²) < 4.78 is 0. The molecule has 0 aliphatic carbocycles. The van der Waals surface area contributed by atoms with E-state index in [2.05, 4.69) is 11.9 Å². The lowest BCUT2D eigenvalue weighted by Gasteiger charge is -2.03. The van der Waals surface area contributed by atoms with Crippen LogP contribution in [-0.4, -0.2) is 17.0 Å². The van der Waals surface area contributed by atoms with Crippen LogP contribution in [0.2, 0.25) is 0 Å². The number of carboxylic acids is 1. The van der Waals surface area contributed by atoms with Crippen molar-refractivity contribution >= 4 is 11.9 Å². The zero-order valence-electron chi connectivity index (χ0n) is 8.06. The van der Waals surface area contributed by atoms with Crippen molar-refractivity contribution in [2.24, 2.45) is 0 Å². The van der Waals surface area contributed by atoms with Crippen molar-refractivity contribution < 1.29 is 14.7 Å². The van der Waals surface area contributed by atoms with Crippen LogP contribution in [0.15, 0.2) is 42.6 Å². The number of nitrogens with one attached hydrogen (secondary N) is 1. The highest BCUT2D eigenvalue weighted by atomic mass is 16.4. The maximum Gasteiger partial charge on any atom is 0.351 e. The summed E-state index contributed by atoms with van der Waals surface area (Å²) in [5.41, 5.74) is 0.518. The van der Waals surface area contributed by atoms with Gasteiger partial charge in [-0.1, -0.05) is 36.9 Å². The Labute approximate surface area is 87.2 Å². The molecule has 0 atom stereocenters. The standard InChI is InChI=1S/C11H11NO3/c1-8(11(14)15)12-10(13)7-9-5-3-2-4-6-9/h2-6H,1,7H2,(H,12,13)(H,14,15). The van der Waals surface area contributed by atoms with Gasteiger partial charge in [0.05, 0.1) is 6.42 Å². The van der Waals surface area contributed by atoms with Crippen molar-refractivity contribution in [3.8, 4) is 0 Å². The molecule has 0 aliphatic rings. The molecule has 4 heteroatoms. The van der Waals surface area contributed by atoms with E-state index >= 15 is 0 Å². The van der Waals surface area contributed by atoms with Crippen molar-refractivity contribution in [2.75, 3.05) is 0 Å². The Morgan fingerprint density at radius 2 is 1.87 bits per heavy atom. The smallest absolute Gasteiger partial charge is 0.351 e. The quantitative estimate of drug-likeness (QED) is 0.719. The Morgan fingerprint density at radius 3 is 2.40 bits per heavy atom. The molecule has 1 aromatic rings. The van der Waals surface area contributed by atoms with E-state index in [0.717, 1.165) is 5.56 Å². The first-order chi connectivity index (χ1) is 7.09. The van der Waals surface area contributed by atoms with Crippen LogP contribution in [0.3, 0.4) is 0 Å². The molecule has 0 saturated carbocycles. The minimum Gasteiger partial charge on any atom is -0.477 e. The summed E-state index contributed by atoms with van der Waals surface area (Å²) in [6.07, 6.45) is 0.146. The van der Waals surface area contributed by atoms with Gasteiger partial charge in [0, 0.05) is 0 Å². The molecule has 15 heavy (non-hydrogen) atoms. The van der Waals surface area contributed by atoms with E-state index in [4.69, 9.17) is 5.11 Å². The van der Waals surface area contributed by atoms with Gasteiger partial charge in [-0.15, -0.1) is 0 Å². The molecular formula is C11H11NO3. The normalized spacial score (nSPS) is 9.33. The number of rotatable bonds is 4. The highest BCUT2D eigenvalue weighted by molar-refractivity contribution is 5.92. The van der Waals surface area contributed by atoms with Gasteiger partial charge in [-0.05, 0) is 5.56 Å². The van der Waals surface area contributed by atoms with Gasteiger partial charge in [0.15, 0.2) is 0 Å². The summed E-state index contributed by atoms with van der Waals surface area (Å²) in [6.45, 7) is 3.20. The van der Waals surface area contributed by atoms with Crippen LogP contribution >= 0.6 is 0 Å². The third-order valence-electron chi connectivity index (χ3n) is 1.76. The number of amides is 1. The third kappa shape index (κ3) is 3.64. The number of carbonyl (C=O) groups excluding carboxylic acids is 1. The third-order valence-corrected chi connectivity index (χ3v) is 1.76. The first-order valence-corrected chi connectivity index (χ1v) is 4.35. The zero-order valence-corrected chi connectivity index (χ0v) is 8.06. The zero-order chi connectivity index (χ0) is 11.3. The van der Waals surface area contributed by atoms with E-state index in [-0.39, 0.29) is 18.0 Å². The van der Waals surface area contributed by atoms with Crippen LogP contribution in [0.1, 0.15) is 5.56 Å². The highest BCUT2D eigenvalue weighted by Crippen LogP contribution is 1.99. The number of carbonyl (C=O) groups is 2. The van der Waals surface area contributed by atoms with Crippen LogP contribution in [0.25, 0.3) is 0 Å².